The minimum Gasteiger partial charge on any atom is -0.315 e. The molecular weight excluding hydrogens is 148 g/mol. The average molecular weight is 170 g/mol. The lowest BCUT2D eigenvalue weighted by Crippen LogP contribution is -2.48. The van der Waals surface area contributed by atoms with Gasteiger partial charge in [0.15, 0.2) is 0 Å². The molecule has 0 aliphatic carbocycles. The van der Waals surface area contributed by atoms with E-state index in [0.717, 1.165) is 0 Å². The zero-order valence-electron chi connectivity index (χ0n) is 8.69. The predicted octanol–water partition coefficient (Wildman–Crippen LogP) is 1.47. The van der Waals surface area contributed by atoms with Gasteiger partial charge in [-0.1, -0.05) is 13.8 Å². The molecule has 0 saturated carbocycles. The highest BCUT2D eigenvalue weighted by molar-refractivity contribution is 4.93. The van der Waals surface area contributed by atoms with Gasteiger partial charge >= 0.3 is 0 Å². The summed E-state index contributed by atoms with van der Waals surface area (Å²) in [6, 6.07) is 0. The Hall–Kier alpha value is -0.0800. The van der Waals surface area contributed by atoms with Gasteiger partial charge in [0.2, 0.25) is 0 Å². The summed E-state index contributed by atoms with van der Waals surface area (Å²) >= 11 is 0. The Morgan fingerprint density at radius 1 is 1.42 bits per heavy atom. The van der Waals surface area contributed by atoms with Gasteiger partial charge < -0.3 is 5.32 Å². The van der Waals surface area contributed by atoms with Crippen LogP contribution in [-0.4, -0.2) is 36.6 Å². The Balaban J connectivity index is 2.50. The molecule has 1 fully saturated rings. The second kappa shape index (κ2) is 4.24. The van der Waals surface area contributed by atoms with Crippen LogP contribution in [0.15, 0.2) is 0 Å². The maximum Gasteiger partial charge on any atom is 0.0317 e. The number of nitrogens with zero attached hydrogens (tertiary/aromatic N) is 1. The van der Waals surface area contributed by atoms with Crippen LogP contribution in [0, 0.1) is 0 Å². The van der Waals surface area contributed by atoms with E-state index in [9.17, 15) is 0 Å². The van der Waals surface area contributed by atoms with Crippen molar-refractivity contribution in [2.45, 2.75) is 39.2 Å². The molecule has 0 spiro atoms. The van der Waals surface area contributed by atoms with Gasteiger partial charge in [0, 0.05) is 12.1 Å². The fourth-order valence-corrected chi connectivity index (χ4v) is 2.15. The minimum atomic E-state index is 0.435. The summed E-state index contributed by atoms with van der Waals surface area (Å²) in [7, 11) is 0. The highest BCUT2D eigenvalue weighted by Gasteiger charge is 2.33. The lowest BCUT2D eigenvalue weighted by atomic mass is 9.99. The summed E-state index contributed by atoms with van der Waals surface area (Å²) in [4.78, 5) is 2.60. The molecule has 1 heterocycles. The van der Waals surface area contributed by atoms with Crippen molar-refractivity contribution in [2.24, 2.45) is 0 Å². The summed E-state index contributed by atoms with van der Waals surface area (Å²) in [5, 5.41) is 3.44. The van der Waals surface area contributed by atoms with Crippen molar-refractivity contribution in [1.82, 2.24) is 10.2 Å². The SMILES string of the molecule is CCCN(CC)C1(C)CCNC1. The molecule has 0 amide bonds. The molecule has 2 nitrogen and oxygen atoms in total. The van der Waals surface area contributed by atoms with E-state index in [1.54, 1.807) is 0 Å². The first kappa shape index (κ1) is 10.0. The van der Waals surface area contributed by atoms with E-state index in [1.165, 1.54) is 39.0 Å². The maximum atomic E-state index is 3.44. The Morgan fingerprint density at radius 2 is 2.17 bits per heavy atom. The highest BCUT2D eigenvalue weighted by Crippen LogP contribution is 2.22. The van der Waals surface area contributed by atoms with Crippen LogP contribution in [0.25, 0.3) is 0 Å². The second-order valence-electron chi connectivity index (χ2n) is 4.00. The van der Waals surface area contributed by atoms with E-state index in [0.29, 0.717) is 5.54 Å². The Labute approximate surface area is 76.3 Å². The highest BCUT2D eigenvalue weighted by atomic mass is 15.2. The third kappa shape index (κ3) is 1.99. The van der Waals surface area contributed by atoms with Crippen LogP contribution in [0.4, 0.5) is 0 Å². The standard InChI is InChI=1S/C10H22N2/c1-4-8-12(5-2)10(3)6-7-11-9-10/h11H,4-9H2,1-3H3. The number of hydrogen-bond donors (Lipinski definition) is 1. The molecule has 1 unspecified atom stereocenters. The van der Waals surface area contributed by atoms with E-state index >= 15 is 0 Å². The summed E-state index contributed by atoms with van der Waals surface area (Å²) in [5.41, 5.74) is 0.435. The lowest BCUT2D eigenvalue weighted by Gasteiger charge is -2.37. The third-order valence-corrected chi connectivity index (χ3v) is 2.98. The zero-order valence-corrected chi connectivity index (χ0v) is 8.69. The summed E-state index contributed by atoms with van der Waals surface area (Å²) in [6.07, 6.45) is 2.57. The lowest BCUT2D eigenvalue weighted by molar-refractivity contribution is 0.128. The van der Waals surface area contributed by atoms with E-state index < -0.39 is 0 Å². The second-order valence-corrected chi connectivity index (χ2v) is 4.00. The molecule has 1 aliphatic heterocycles. The molecule has 0 bridgehead atoms. The van der Waals surface area contributed by atoms with Gasteiger partial charge in [0.05, 0.1) is 0 Å². The molecule has 0 aromatic rings. The van der Waals surface area contributed by atoms with E-state index in [-0.39, 0.29) is 0 Å². The fourth-order valence-electron chi connectivity index (χ4n) is 2.15. The number of nitrogens with one attached hydrogen (secondary N) is 1. The van der Waals surface area contributed by atoms with Crippen LogP contribution in [-0.2, 0) is 0 Å². The van der Waals surface area contributed by atoms with Gasteiger partial charge in [-0.15, -0.1) is 0 Å². The third-order valence-electron chi connectivity index (χ3n) is 2.98. The molecular formula is C10H22N2. The van der Waals surface area contributed by atoms with Crippen molar-refractivity contribution in [1.29, 1.82) is 0 Å². The summed E-state index contributed by atoms with van der Waals surface area (Å²) < 4.78 is 0. The van der Waals surface area contributed by atoms with Crippen molar-refractivity contribution in [3.8, 4) is 0 Å². The number of hydrogen-bond acceptors (Lipinski definition) is 2. The van der Waals surface area contributed by atoms with Gasteiger partial charge in [-0.3, -0.25) is 4.90 Å². The molecule has 1 aliphatic rings. The smallest absolute Gasteiger partial charge is 0.0317 e. The topological polar surface area (TPSA) is 15.3 Å². The monoisotopic (exact) mass is 170 g/mol. The van der Waals surface area contributed by atoms with Gasteiger partial charge in [0.1, 0.15) is 0 Å². The first-order chi connectivity index (χ1) is 5.73. The van der Waals surface area contributed by atoms with E-state index in [1.807, 2.05) is 0 Å². The Kier molecular flexibility index (Phi) is 3.53. The van der Waals surface area contributed by atoms with Gasteiger partial charge in [-0.05, 0) is 39.4 Å². The van der Waals surface area contributed by atoms with Crippen LogP contribution in [0.2, 0.25) is 0 Å². The molecule has 1 saturated heterocycles. The summed E-state index contributed by atoms with van der Waals surface area (Å²) in [6.45, 7) is 11.7. The molecule has 1 N–H and O–H groups in total. The predicted molar refractivity (Wildman–Crippen MR) is 53.4 cm³/mol. The van der Waals surface area contributed by atoms with E-state index in [2.05, 4.69) is 31.0 Å². The fraction of sp³-hybridized carbons (Fsp3) is 1.00. The largest absolute Gasteiger partial charge is 0.315 e. The molecule has 0 aromatic carbocycles. The summed E-state index contributed by atoms with van der Waals surface area (Å²) in [5.74, 6) is 0. The van der Waals surface area contributed by atoms with Gasteiger partial charge in [0.25, 0.3) is 0 Å². The minimum absolute atomic E-state index is 0.435. The van der Waals surface area contributed by atoms with Crippen LogP contribution < -0.4 is 5.32 Å². The zero-order chi connectivity index (χ0) is 9.03. The van der Waals surface area contributed by atoms with Crippen molar-refractivity contribution in [3.05, 3.63) is 0 Å². The molecule has 2 heteroatoms. The normalized spacial score (nSPS) is 30.0. The van der Waals surface area contributed by atoms with Crippen LogP contribution in [0.1, 0.15) is 33.6 Å². The van der Waals surface area contributed by atoms with Crippen LogP contribution in [0.3, 0.4) is 0 Å². The van der Waals surface area contributed by atoms with Crippen molar-refractivity contribution in [3.63, 3.8) is 0 Å². The molecule has 0 radical (unpaired) electrons. The van der Waals surface area contributed by atoms with E-state index in [4.69, 9.17) is 0 Å². The molecule has 1 atom stereocenters. The molecule has 0 aromatic heterocycles. The van der Waals surface area contributed by atoms with Gasteiger partial charge in [-0.25, -0.2) is 0 Å². The Bertz CT molecular complexity index is 128. The average Bonchev–Trinajstić information content (AvgIpc) is 2.49. The molecule has 72 valence electrons. The van der Waals surface area contributed by atoms with Crippen LogP contribution in [0.5, 0.6) is 0 Å². The van der Waals surface area contributed by atoms with Gasteiger partial charge in [-0.2, -0.15) is 0 Å². The van der Waals surface area contributed by atoms with Crippen molar-refractivity contribution < 1.29 is 0 Å². The van der Waals surface area contributed by atoms with Crippen molar-refractivity contribution >= 4 is 0 Å². The maximum absolute atomic E-state index is 3.44. The van der Waals surface area contributed by atoms with Crippen LogP contribution >= 0.6 is 0 Å². The number of likely N-dealkylation sites (N-methyl/N-ethyl adjacent to an activating group) is 1. The molecule has 1 rings (SSSR count). The number of rotatable bonds is 4. The first-order valence-electron chi connectivity index (χ1n) is 5.18. The van der Waals surface area contributed by atoms with Crippen molar-refractivity contribution in [2.75, 3.05) is 26.2 Å². The quantitative estimate of drug-likeness (QED) is 0.687. The Morgan fingerprint density at radius 3 is 2.58 bits per heavy atom. The molecule has 12 heavy (non-hydrogen) atoms. The first-order valence-corrected chi connectivity index (χ1v) is 5.18.